The highest BCUT2D eigenvalue weighted by molar-refractivity contribution is 7.13. The Balaban J connectivity index is 1.69. The Morgan fingerprint density at radius 1 is 1.12 bits per heavy atom. The average molecular weight is 380 g/mol. The summed E-state index contributed by atoms with van der Waals surface area (Å²) in [5.74, 6) is -0.108. The first-order valence-corrected chi connectivity index (χ1v) is 9.18. The van der Waals surface area contributed by atoms with Crippen LogP contribution in [0.1, 0.15) is 16.9 Å². The van der Waals surface area contributed by atoms with Crippen molar-refractivity contribution in [1.82, 2.24) is 14.8 Å². The van der Waals surface area contributed by atoms with Crippen LogP contribution in [0.25, 0.3) is 10.6 Å². The van der Waals surface area contributed by atoms with Gasteiger partial charge in [0.25, 0.3) is 5.91 Å². The van der Waals surface area contributed by atoms with E-state index in [9.17, 15) is 9.59 Å². The third-order valence-electron chi connectivity index (χ3n) is 4.03. The second-order valence-corrected chi connectivity index (χ2v) is 6.94. The minimum Gasteiger partial charge on any atom is -0.453 e. The minimum absolute atomic E-state index is 0.108. The molecular weight excluding hydrogens is 362 g/mol. The number of methoxy groups -OCH3 is 1. The number of aromatic nitrogens is 1. The average Bonchev–Trinajstić information content (AvgIpc) is 2.99. The topological polar surface area (TPSA) is 62.7 Å². The second-order valence-electron chi connectivity index (χ2n) is 5.65. The van der Waals surface area contributed by atoms with E-state index in [1.54, 1.807) is 27.3 Å². The van der Waals surface area contributed by atoms with Crippen molar-refractivity contribution in [3.05, 3.63) is 40.4 Å². The zero-order chi connectivity index (χ0) is 17.8. The van der Waals surface area contributed by atoms with Gasteiger partial charge in [-0.2, -0.15) is 0 Å². The van der Waals surface area contributed by atoms with E-state index in [0.717, 1.165) is 17.0 Å². The largest absolute Gasteiger partial charge is 0.453 e. The predicted octanol–water partition coefficient (Wildman–Crippen LogP) is 3.38. The summed E-state index contributed by atoms with van der Waals surface area (Å²) in [6.07, 6.45) is 0.364. The Morgan fingerprint density at radius 3 is 2.52 bits per heavy atom. The van der Waals surface area contributed by atoms with Gasteiger partial charge in [-0.25, -0.2) is 9.78 Å². The number of ether oxygens (including phenoxy) is 1. The molecular formula is C17H18ClN3O3S. The third-order valence-corrected chi connectivity index (χ3v) is 5.17. The summed E-state index contributed by atoms with van der Waals surface area (Å²) in [4.78, 5) is 32.2. The summed E-state index contributed by atoms with van der Waals surface area (Å²) in [7, 11) is 1.36. The van der Waals surface area contributed by atoms with Crippen LogP contribution in [0.5, 0.6) is 0 Å². The molecule has 1 aromatic heterocycles. The highest BCUT2D eigenvalue weighted by Crippen LogP contribution is 2.25. The van der Waals surface area contributed by atoms with Crippen molar-refractivity contribution >= 4 is 34.9 Å². The Labute approximate surface area is 155 Å². The molecule has 2 heterocycles. The van der Waals surface area contributed by atoms with Gasteiger partial charge < -0.3 is 14.5 Å². The van der Waals surface area contributed by atoms with E-state index >= 15 is 0 Å². The molecule has 2 aromatic rings. The molecule has 3 rings (SSSR count). The van der Waals surface area contributed by atoms with E-state index in [1.165, 1.54) is 18.4 Å². The van der Waals surface area contributed by atoms with Crippen LogP contribution in [0, 0.1) is 0 Å². The van der Waals surface area contributed by atoms with Crippen molar-refractivity contribution in [2.45, 2.75) is 6.42 Å². The van der Waals surface area contributed by atoms with Gasteiger partial charge >= 0.3 is 6.09 Å². The number of halogens is 1. The van der Waals surface area contributed by atoms with E-state index in [-0.39, 0.29) is 12.0 Å². The Morgan fingerprint density at radius 2 is 1.80 bits per heavy atom. The van der Waals surface area contributed by atoms with E-state index in [1.807, 2.05) is 12.1 Å². The van der Waals surface area contributed by atoms with Crippen LogP contribution in [-0.2, 0) is 4.74 Å². The van der Waals surface area contributed by atoms with Crippen molar-refractivity contribution in [1.29, 1.82) is 0 Å². The molecule has 1 saturated heterocycles. The third kappa shape index (κ3) is 4.11. The molecule has 0 bridgehead atoms. The van der Waals surface area contributed by atoms with Crippen molar-refractivity contribution < 1.29 is 14.3 Å². The molecule has 0 N–H and O–H groups in total. The minimum atomic E-state index is -0.354. The molecule has 1 fully saturated rings. The zero-order valence-electron chi connectivity index (χ0n) is 13.8. The normalized spacial score (nSPS) is 15.0. The highest BCUT2D eigenvalue weighted by atomic mass is 35.5. The molecule has 132 valence electrons. The molecule has 0 saturated carbocycles. The SMILES string of the molecule is COC(=O)N1CCCN(C(=O)c2csc(-c3ccc(Cl)cc3)n2)CC1. The number of benzene rings is 1. The first-order valence-electron chi connectivity index (χ1n) is 7.92. The number of carbonyl (C=O) groups is 2. The fraction of sp³-hybridized carbons (Fsp3) is 0.353. The summed E-state index contributed by atoms with van der Waals surface area (Å²) >= 11 is 7.33. The van der Waals surface area contributed by atoms with Crippen molar-refractivity contribution in [2.24, 2.45) is 0 Å². The van der Waals surface area contributed by atoms with Crippen molar-refractivity contribution in [3.8, 4) is 10.6 Å². The van der Waals surface area contributed by atoms with Crippen molar-refractivity contribution in [2.75, 3.05) is 33.3 Å². The molecule has 0 spiro atoms. The molecule has 25 heavy (non-hydrogen) atoms. The second kappa shape index (κ2) is 7.84. The van der Waals surface area contributed by atoms with Gasteiger partial charge in [0.05, 0.1) is 7.11 Å². The Bertz CT molecular complexity index is 763. The highest BCUT2D eigenvalue weighted by Gasteiger charge is 2.24. The van der Waals surface area contributed by atoms with E-state index in [2.05, 4.69) is 4.98 Å². The van der Waals surface area contributed by atoms with E-state index in [4.69, 9.17) is 16.3 Å². The van der Waals surface area contributed by atoms with Crippen LogP contribution >= 0.6 is 22.9 Å². The molecule has 0 unspecified atom stereocenters. The fourth-order valence-corrected chi connectivity index (χ4v) is 3.62. The molecule has 0 atom stereocenters. The van der Waals surface area contributed by atoms with E-state index in [0.29, 0.717) is 36.9 Å². The molecule has 6 nitrogen and oxygen atoms in total. The van der Waals surface area contributed by atoms with Gasteiger partial charge in [-0.05, 0) is 18.6 Å². The molecule has 8 heteroatoms. The lowest BCUT2D eigenvalue weighted by Crippen LogP contribution is -2.37. The fourth-order valence-electron chi connectivity index (χ4n) is 2.69. The van der Waals surface area contributed by atoms with Gasteiger partial charge in [-0.15, -0.1) is 11.3 Å². The first kappa shape index (κ1) is 17.7. The molecule has 1 aromatic carbocycles. The van der Waals surface area contributed by atoms with Crippen LogP contribution in [0.3, 0.4) is 0 Å². The van der Waals surface area contributed by atoms with Crippen LogP contribution in [0.2, 0.25) is 5.02 Å². The monoisotopic (exact) mass is 379 g/mol. The van der Waals surface area contributed by atoms with Gasteiger partial charge in [-0.1, -0.05) is 23.7 Å². The maximum Gasteiger partial charge on any atom is 0.409 e. The first-order chi connectivity index (χ1) is 12.1. The predicted molar refractivity (Wildman–Crippen MR) is 97.1 cm³/mol. The lowest BCUT2D eigenvalue weighted by Gasteiger charge is -2.20. The molecule has 1 aliphatic heterocycles. The van der Waals surface area contributed by atoms with Crippen LogP contribution < -0.4 is 0 Å². The van der Waals surface area contributed by atoms with Crippen molar-refractivity contribution in [3.63, 3.8) is 0 Å². The molecule has 0 aliphatic carbocycles. The van der Waals surface area contributed by atoms with Gasteiger partial charge in [0.2, 0.25) is 0 Å². The van der Waals surface area contributed by atoms with Gasteiger partial charge in [0, 0.05) is 42.1 Å². The lowest BCUT2D eigenvalue weighted by atomic mass is 10.2. The summed E-state index contributed by atoms with van der Waals surface area (Å²) in [5, 5.41) is 3.22. The maximum absolute atomic E-state index is 12.7. The Hall–Kier alpha value is -2.12. The standard InChI is InChI=1S/C17H18ClN3O3S/c1-24-17(23)21-8-2-7-20(9-10-21)16(22)14-11-25-15(19-14)12-3-5-13(18)6-4-12/h3-6,11H,2,7-10H2,1H3. The molecule has 2 amide bonds. The maximum atomic E-state index is 12.7. The smallest absolute Gasteiger partial charge is 0.409 e. The number of thiazole rings is 1. The summed E-state index contributed by atoms with van der Waals surface area (Å²) < 4.78 is 4.75. The zero-order valence-corrected chi connectivity index (χ0v) is 15.3. The van der Waals surface area contributed by atoms with Gasteiger partial charge in [0.1, 0.15) is 10.7 Å². The number of carbonyl (C=O) groups excluding carboxylic acids is 2. The van der Waals surface area contributed by atoms with E-state index < -0.39 is 0 Å². The number of hydrogen-bond donors (Lipinski definition) is 0. The van der Waals surface area contributed by atoms with Gasteiger partial charge in [-0.3, -0.25) is 4.79 Å². The summed E-state index contributed by atoms with van der Waals surface area (Å²) in [5.41, 5.74) is 1.36. The van der Waals surface area contributed by atoms with Gasteiger partial charge in [0.15, 0.2) is 0 Å². The van der Waals surface area contributed by atoms with Crippen LogP contribution in [0.15, 0.2) is 29.6 Å². The van der Waals surface area contributed by atoms with Crippen LogP contribution in [0.4, 0.5) is 4.79 Å². The lowest BCUT2D eigenvalue weighted by molar-refractivity contribution is 0.0752. The Kier molecular flexibility index (Phi) is 5.55. The van der Waals surface area contributed by atoms with Crippen LogP contribution in [-0.4, -0.2) is 60.1 Å². The molecule has 1 aliphatic rings. The summed E-state index contributed by atoms with van der Waals surface area (Å²) in [6, 6.07) is 7.37. The number of nitrogens with zero attached hydrogens (tertiary/aromatic N) is 3. The number of hydrogen-bond acceptors (Lipinski definition) is 5. The quantitative estimate of drug-likeness (QED) is 0.802. The number of rotatable bonds is 2. The number of amides is 2. The molecule has 0 radical (unpaired) electrons. The summed E-state index contributed by atoms with van der Waals surface area (Å²) in [6.45, 7) is 2.12.